The maximum Gasteiger partial charge on any atom is 0.326 e. The van der Waals surface area contributed by atoms with Crippen LogP contribution in [0.5, 0.6) is 0 Å². The van der Waals surface area contributed by atoms with Gasteiger partial charge in [-0.1, -0.05) is 23.2 Å². The molecule has 80 valence electrons. The maximum absolute atomic E-state index is 10.3. The summed E-state index contributed by atoms with van der Waals surface area (Å²) in [4.78, 5) is 9.68. The summed E-state index contributed by atoms with van der Waals surface area (Å²) in [5, 5.41) is 13.8. The molecule has 0 saturated carbocycles. The molecule has 0 fully saturated rings. The lowest BCUT2D eigenvalue weighted by molar-refractivity contribution is -0.409. The third kappa shape index (κ3) is 3.70. The van der Waals surface area contributed by atoms with Gasteiger partial charge in [0.1, 0.15) is 0 Å². The Morgan fingerprint density at radius 1 is 1.53 bits per heavy atom. The highest BCUT2D eigenvalue weighted by atomic mass is 79.9. The number of rotatable bonds is 3. The molecule has 0 spiro atoms. The summed E-state index contributed by atoms with van der Waals surface area (Å²) in [7, 11) is 0. The number of nitrogens with one attached hydrogen (secondary N) is 1. The highest BCUT2D eigenvalue weighted by Gasteiger charge is 2.05. The van der Waals surface area contributed by atoms with Crippen LogP contribution in [0.3, 0.4) is 0 Å². The summed E-state index contributed by atoms with van der Waals surface area (Å²) in [5.41, 5.74) is 0.542. The molecule has 0 bridgehead atoms. The number of nitro groups is 1. The Morgan fingerprint density at radius 2 is 2.20 bits per heavy atom. The third-order valence-corrected chi connectivity index (χ3v) is 2.52. The molecule has 1 aromatic carbocycles. The Hall–Kier alpha value is -0.780. The van der Waals surface area contributed by atoms with E-state index < -0.39 is 4.92 Å². The van der Waals surface area contributed by atoms with Gasteiger partial charge in [-0.25, -0.2) is 0 Å². The zero-order chi connectivity index (χ0) is 11.4. The van der Waals surface area contributed by atoms with Crippen molar-refractivity contribution >= 4 is 44.8 Å². The highest BCUT2D eigenvalue weighted by molar-refractivity contribution is 9.11. The lowest BCUT2D eigenvalue weighted by Gasteiger charge is -2.02. The van der Waals surface area contributed by atoms with Gasteiger partial charge in [-0.2, -0.15) is 0 Å². The summed E-state index contributed by atoms with van der Waals surface area (Å²) in [5.74, 6) is 0. The van der Waals surface area contributed by atoms with Crippen molar-refractivity contribution in [3.8, 4) is 0 Å². The first-order chi connectivity index (χ1) is 7.00. The van der Waals surface area contributed by atoms with Crippen molar-refractivity contribution in [1.82, 2.24) is 0 Å². The van der Waals surface area contributed by atoms with E-state index in [0.717, 1.165) is 0 Å². The van der Waals surface area contributed by atoms with Gasteiger partial charge in [-0.05, 0) is 18.2 Å². The number of halogens is 3. The standard InChI is InChI=1S/C8H5BrCl2N2O2/c9-8(13(14)15)4-12-7-2-1-5(10)3-6(7)11/h1-4,12H/b8-4+. The average Bonchev–Trinajstić information content (AvgIpc) is 2.15. The fraction of sp³-hybridized carbons (Fsp3) is 0. The largest absolute Gasteiger partial charge is 0.354 e. The van der Waals surface area contributed by atoms with Crippen molar-refractivity contribution in [2.45, 2.75) is 0 Å². The van der Waals surface area contributed by atoms with Gasteiger partial charge in [0.2, 0.25) is 0 Å². The number of benzene rings is 1. The number of hydrogen-bond donors (Lipinski definition) is 1. The molecule has 1 rings (SSSR count). The van der Waals surface area contributed by atoms with Gasteiger partial charge in [0.05, 0.1) is 21.8 Å². The molecule has 7 heteroatoms. The van der Waals surface area contributed by atoms with Crippen molar-refractivity contribution in [3.63, 3.8) is 0 Å². The van der Waals surface area contributed by atoms with Crippen LogP contribution in [0.1, 0.15) is 0 Å². The summed E-state index contributed by atoms with van der Waals surface area (Å²) >= 11 is 14.3. The predicted molar refractivity (Wildman–Crippen MR) is 64.1 cm³/mol. The average molecular weight is 312 g/mol. The van der Waals surface area contributed by atoms with Crippen molar-refractivity contribution in [1.29, 1.82) is 0 Å². The van der Waals surface area contributed by atoms with Crippen LogP contribution in [0.2, 0.25) is 10.0 Å². The Bertz CT molecular complexity index is 423. The molecule has 0 aliphatic carbocycles. The summed E-state index contributed by atoms with van der Waals surface area (Å²) in [6.45, 7) is 0. The van der Waals surface area contributed by atoms with E-state index in [2.05, 4.69) is 21.2 Å². The van der Waals surface area contributed by atoms with Gasteiger partial charge in [-0.15, -0.1) is 0 Å². The van der Waals surface area contributed by atoms with E-state index in [1.165, 1.54) is 6.20 Å². The quantitative estimate of drug-likeness (QED) is 0.523. The van der Waals surface area contributed by atoms with Crippen LogP contribution in [0.25, 0.3) is 0 Å². The molecule has 0 unspecified atom stereocenters. The van der Waals surface area contributed by atoms with Gasteiger partial charge < -0.3 is 5.32 Å². The van der Waals surface area contributed by atoms with E-state index in [-0.39, 0.29) is 4.61 Å². The molecular formula is C8H5BrCl2N2O2. The summed E-state index contributed by atoms with van der Waals surface area (Å²) in [6.07, 6.45) is 1.19. The summed E-state index contributed by atoms with van der Waals surface area (Å²) in [6, 6.07) is 4.80. The molecule has 0 amide bonds. The molecule has 1 N–H and O–H groups in total. The fourth-order valence-corrected chi connectivity index (χ4v) is 1.37. The maximum atomic E-state index is 10.3. The first-order valence-corrected chi connectivity index (χ1v) is 5.27. The second-order valence-corrected chi connectivity index (χ2v) is 4.15. The van der Waals surface area contributed by atoms with E-state index in [1.807, 2.05) is 0 Å². The van der Waals surface area contributed by atoms with Crippen LogP contribution >= 0.6 is 39.1 Å². The molecule has 0 aliphatic rings. The van der Waals surface area contributed by atoms with Crippen LogP contribution in [0, 0.1) is 10.1 Å². The summed E-state index contributed by atoms with van der Waals surface area (Å²) < 4.78 is -0.187. The Balaban J connectivity index is 2.82. The molecule has 1 aromatic rings. The van der Waals surface area contributed by atoms with Gasteiger partial charge in [0.15, 0.2) is 0 Å². The molecular weight excluding hydrogens is 307 g/mol. The molecule has 15 heavy (non-hydrogen) atoms. The third-order valence-electron chi connectivity index (χ3n) is 1.45. The lowest BCUT2D eigenvalue weighted by Crippen LogP contribution is -1.96. The lowest BCUT2D eigenvalue weighted by atomic mass is 10.3. The van der Waals surface area contributed by atoms with Crippen molar-refractivity contribution in [2.75, 3.05) is 5.32 Å². The monoisotopic (exact) mass is 310 g/mol. The number of anilines is 1. The molecule has 0 radical (unpaired) electrons. The molecule has 0 aromatic heterocycles. The van der Waals surface area contributed by atoms with E-state index >= 15 is 0 Å². The second kappa shape index (κ2) is 5.34. The van der Waals surface area contributed by atoms with Crippen molar-refractivity contribution < 1.29 is 4.92 Å². The van der Waals surface area contributed by atoms with E-state index in [0.29, 0.717) is 15.7 Å². The number of nitrogens with zero attached hydrogens (tertiary/aromatic N) is 1. The molecule has 0 heterocycles. The van der Waals surface area contributed by atoms with E-state index in [9.17, 15) is 10.1 Å². The van der Waals surface area contributed by atoms with Crippen LogP contribution in [0.15, 0.2) is 29.0 Å². The minimum Gasteiger partial charge on any atom is -0.354 e. The van der Waals surface area contributed by atoms with Crippen molar-refractivity contribution in [3.05, 3.63) is 49.2 Å². The van der Waals surface area contributed by atoms with Gasteiger partial charge in [-0.3, -0.25) is 10.1 Å². The molecule has 4 nitrogen and oxygen atoms in total. The predicted octanol–water partition coefficient (Wildman–Crippen LogP) is 3.88. The Labute approximate surface area is 104 Å². The van der Waals surface area contributed by atoms with Crippen molar-refractivity contribution in [2.24, 2.45) is 0 Å². The Kier molecular flexibility index (Phi) is 4.38. The van der Waals surface area contributed by atoms with Gasteiger partial charge in [0, 0.05) is 21.0 Å². The minimum absolute atomic E-state index is 0.187. The zero-order valence-electron chi connectivity index (χ0n) is 7.21. The zero-order valence-corrected chi connectivity index (χ0v) is 10.3. The smallest absolute Gasteiger partial charge is 0.326 e. The van der Waals surface area contributed by atoms with E-state index in [1.54, 1.807) is 18.2 Å². The molecule has 0 aliphatic heterocycles. The second-order valence-electron chi connectivity index (χ2n) is 2.49. The van der Waals surface area contributed by atoms with Crippen LogP contribution < -0.4 is 5.32 Å². The highest BCUT2D eigenvalue weighted by Crippen LogP contribution is 2.25. The first kappa shape index (κ1) is 12.3. The minimum atomic E-state index is -0.573. The fourth-order valence-electron chi connectivity index (χ4n) is 0.797. The van der Waals surface area contributed by atoms with Gasteiger partial charge in [0.25, 0.3) is 0 Å². The normalized spacial score (nSPS) is 11.3. The number of hydrogen-bond acceptors (Lipinski definition) is 3. The Morgan fingerprint density at radius 3 is 2.73 bits per heavy atom. The topological polar surface area (TPSA) is 55.2 Å². The first-order valence-electron chi connectivity index (χ1n) is 3.72. The van der Waals surface area contributed by atoms with E-state index in [4.69, 9.17) is 23.2 Å². The van der Waals surface area contributed by atoms with Gasteiger partial charge >= 0.3 is 4.61 Å². The van der Waals surface area contributed by atoms with Crippen LogP contribution in [0.4, 0.5) is 5.69 Å². The molecule has 0 saturated heterocycles. The molecule has 0 atom stereocenters. The van der Waals surface area contributed by atoms with Crippen LogP contribution in [-0.2, 0) is 0 Å². The van der Waals surface area contributed by atoms with Crippen LogP contribution in [-0.4, -0.2) is 4.92 Å². The SMILES string of the molecule is O=[N+]([O-])/C(Br)=C/Nc1ccc(Cl)cc1Cl.